The molecule has 1 N–H and O–H groups in total. The van der Waals surface area contributed by atoms with E-state index in [2.05, 4.69) is 15.4 Å². The molecule has 6 nitrogen and oxygen atoms in total. The van der Waals surface area contributed by atoms with Crippen molar-refractivity contribution in [2.75, 3.05) is 12.8 Å². The van der Waals surface area contributed by atoms with Crippen molar-refractivity contribution in [1.82, 2.24) is 15.1 Å². The summed E-state index contributed by atoms with van der Waals surface area (Å²) in [5.41, 5.74) is 1.75. The second-order valence-corrected chi connectivity index (χ2v) is 6.48. The van der Waals surface area contributed by atoms with Crippen LogP contribution < -0.4 is 10.9 Å². The SMILES string of the molecule is CSC(=NCCCCCCn1nc(-c2ccccc2)ccc1=O)NC#N. The van der Waals surface area contributed by atoms with Crippen LogP contribution in [0.25, 0.3) is 11.3 Å². The number of amidine groups is 1. The van der Waals surface area contributed by atoms with Crippen molar-refractivity contribution in [2.24, 2.45) is 4.99 Å². The zero-order chi connectivity index (χ0) is 18.6. The van der Waals surface area contributed by atoms with Gasteiger partial charge in [-0.1, -0.05) is 54.9 Å². The molecule has 0 saturated heterocycles. The lowest BCUT2D eigenvalue weighted by atomic mass is 10.1. The Bertz CT molecular complexity index is 811. The van der Waals surface area contributed by atoms with Gasteiger partial charge in [-0.3, -0.25) is 15.1 Å². The molecule has 2 rings (SSSR count). The Balaban J connectivity index is 1.78. The van der Waals surface area contributed by atoms with Crippen LogP contribution >= 0.6 is 11.8 Å². The van der Waals surface area contributed by atoms with Gasteiger partial charge in [-0.25, -0.2) is 4.68 Å². The van der Waals surface area contributed by atoms with E-state index < -0.39 is 0 Å². The summed E-state index contributed by atoms with van der Waals surface area (Å²) in [6.07, 6.45) is 7.68. The van der Waals surface area contributed by atoms with Gasteiger partial charge in [0, 0.05) is 24.7 Å². The molecule has 0 atom stereocenters. The zero-order valence-corrected chi connectivity index (χ0v) is 15.7. The Labute approximate surface area is 158 Å². The molecule has 0 bridgehead atoms. The van der Waals surface area contributed by atoms with Gasteiger partial charge in [0.15, 0.2) is 11.4 Å². The minimum absolute atomic E-state index is 0.0681. The highest BCUT2D eigenvalue weighted by atomic mass is 32.2. The van der Waals surface area contributed by atoms with Crippen molar-refractivity contribution in [2.45, 2.75) is 32.2 Å². The quantitative estimate of drug-likeness (QED) is 0.254. The van der Waals surface area contributed by atoms with Crippen LogP contribution in [0, 0.1) is 11.5 Å². The first-order valence-corrected chi connectivity index (χ1v) is 9.84. The second-order valence-electron chi connectivity index (χ2n) is 5.69. The molecule has 7 heteroatoms. The highest BCUT2D eigenvalue weighted by molar-refractivity contribution is 8.13. The van der Waals surface area contributed by atoms with Crippen molar-refractivity contribution in [3.05, 3.63) is 52.8 Å². The maximum atomic E-state index is 12.0. The van der Waals surface area contributed by atoms with Crippen LogP contribution in [-0.2, 0) is 6.54 Å². The van der Waals surface area contributed by atoms with Crippen LogP contribution in [0.15, 0.2) is 52.3 Å². The number of hydrogen-bond acceptors (Lipinski definition) is 5. The molecular weight excluding hydrogens is 346 g/mol. The van der Waals surface area contributed by atoms with Crippen LogP contribution in [0.2, 0.25) is 0 Å². The number of unbranched alkanes of at least 4 members (excludes halogenated alkanes) is 3. The van der Waals surface area contributed by atoms with Crippen molar-refractivity contribution in [3.63, 3.8) is 0 Å². The number of hydrogen-bond donors (Lipinski definition) is 1. The number of aryl methyl sites for hydroxylation is 1. The fourth-order valence-corrected chi connectivity index (χ4v) is 2.85. The van der Waals surface area contributed by atoms with E-state index in [0.29, 0.717) is 18.3 Å². The third-order valence-corrected chi connectivity index (χ3v) is 4.44. The van der Waals surface area contributed by atoms with E-state index in [9.17, 15) is 4.79 Å². The number of nitrogens with one attached hydrogen (secondary N) is 1. The van der Waals surface area contributed by atoms with Gasteiger partial charge >= 0.3 is 0 Å². The number of nitriles is 1. The summed E-state index contributed by atoms with van der Waals surface area (Å²) in [5.74, 6) is 0. The predicted molar refractivity (Wildman–Crippen MR) is 107 cm³/mol. The minimum atomic E-state index is -0.0681. The summed E-state index contributed by atoms with van der Waals surface area (Å²) in [6, 6.07) is 13.2. The Morgan fingerprint density at radius 2 is 1.96 bits per heavy atom. The second kappa shape index (κ2) is 11.1. The molecule has 1 aromatic heterocycles. The van der Waals surface area contributed by atoms with Gasteiger partial charge in [-0.2, -0.15) is 10.4 Å². The molecule has 136 valence electrons. The zero-order valence-electron chi connectivity index (χ0n) is 14.9. The average Bonchev–Trinajstić information content (AvgIpc) is 2.68. The van der Waals surface area contributed by atoms with E-state index >= 15 is 0 Å². The summed E-state index contributed by atoms with van der Waals surface area (Å²) in [4.78, 5) is 16.3. The molecule has 1 heterocycles. The predicted octanol–water partition coefficient (Wildman–Crippen LogP) is 3.26. The molecule has 0 saturated carbocycles. The first kappa shape index (κ1) is 19.7. The molecule has 0 fully saturated rings. The number of aliphatic imine (C=N–C) groups is 1. The minimum Gasteiger partial charge on any atom is -0.272 e. The molecule has 0 spiro atoms. The first-order valence-electron chi connectivity index (χ1n) is 8.61. The molecule has 2 aromatic rings. The highest BCUT2D eigenvalue weighted by Crippen LogP contribution is 2.14. The molecule has 0 aliphatic heterocycles. The number of thioether (sulfide) groups is 1. The summed E-state index contributed by atoms with van der Waals surface area (Å²) >= 11 is 1.43. The van der Waals surface area contributed by atoms with Gasteiger partial charge in [0.2, 0.25) is 0 Å². The number of rotatable bonds is 8. The molecule has 0 amide bonds. The fraction of sp³-hybridized carbons (Fsp3) is 0.368. The molecule has 0 unspecified atom stereocenters. The lowest BCUT2D eigenvalue weighted by molar-refractivity contribution is 0.518. The van der Waals surface area contributed by atoms with Crippen molar-refractivity contribution >= 4 is 16.9 Å². The Morgan fingerprint density at radius 1 is 1.19 bits per heavy atom. The standard InChI is InChI=1S/C19H23N5OS/c1-26-19(22-15-20)21-13-7-2-3-8-14-24-18(25)12-11-17(23-24)16-9-5-4-6-10-16/h4-6,9-12H,2-3,7-8,13-14H2,1H3,(H,21,22). The maximum absolute atomic E-state index is 12.0. The number of benzene rings is 1. The van der Waals surface area contributed by atoms with E-state index in [1.807, 2.05) is 42.8 Å². The van der Waals surface area contributed by atoms with Crippen LogP contribution in [0.5, 0.6) is 0 Å². The third kappa shape index (κ3) is 6.37. The molecule has 0 aliphatic rings. The largest absolute Gasteiger partial charge is 0.272 e. The maximum Gasteiger partial charge on any atom is 0.266 e. The van der Waals surface area contributed by atoms with Crippen LogP contribution in [-0.4, -0.2) is 27.7 Å². The molecule has 0 radical (unpaired) electrons. The lowest BCUT2D eigenvalue weighted by Crippen LogP contribution is -2.22. The number of nitrogens with zero attached hydrogens (tertiary/aromatic N) is 4. The van der Waals surface area contributed by atoms with E-state index in [-0.39, 0.29) is 5.56 Å². The fourth-order valence-electron chi connectivity index (χ4n) is 2.48. The van der Waals surface area contributed by atoms with Crippen LogP contribution in [0.4, 0.5) is 0 Å². The van der Waals surface area contributed by atoms with Gasteiger partial charge in [-0.15, -0.1) is 0 Å². The van der Waals surface area contributed by atoms with Gasteiger partial charge in [0.25, 0.3) is 5.56 Å². The first-order chi connectivity index (χ1) is 12.7. The van der Waals surface area contributed by atoms with Gasteiger partial charge in [0.1, 0.15) is 0 Å². The Morgan fingerprint density at radius 3 is 2.69 bits per heavy atom. The van der Waals surface area contributed by atoms with Gasteiger partial charge < -0.3 is 0 Å². The van der Waals surface area contributed by atoms with Crippen molar-refractivity contribution in [3.8, 4) is 17.5 Å². The summed E-state index contributed by atoms with van der Waals surface area (Å²) in [7, 11) is 0. The van der Waals surface area contributed by atoms with Gasteiger partial charge in [0.05, 0.1) is 5.69 Å². The van der Waals surface area contributed by atoms with Crippen LogP contribution in [0.3, 0.4) is 0 Å². The molecule has 26 heavy (non-hydrogen) atoms. The van der Waals surface area contributed by atoms with Gasteiger partial charge in [-0.05, 0) is 25.2 Å². The van der Waals surface area contributed by atoms with Crippen LogP contribution in [0.1, 0.15) is 25.7 Å². The van der Waals surface area contributed by atoms with E-state index in [0.717, 1.165) is 36.9 Å². The third-order valence-electron chi connectivity index (χ3n) is 3.83. The molecular formula is C19H23N5OS. The average molecular weight is 369 g/mol. The van der Waals surface area contributed by atoms with E-state index in [1.54, 1.807) is 16.8 Å². The highest BCUT2D eigenvalue weighted by Gasteiger charge is 2.03. The smallest absolute Gasteiger partial charge is 0.266 e. The lowest BCUT2D eigenvalue weighted by Gasteiger charge is -2.07. The summed E-state index contributed by atoms with van der Waals surface area (Å²) in [6.45, 7) is 1.32. The number of aromatic nitrogens is 2. The van der Waals surface area contributed by atoms with E-state index in [4.69, 9.17) is 5.26 Å². The summed E-state index contributed by atoms with van der Waals surface area (Å²) in [5, 5.41) is 16.3. The van der Waals surface area contributed by atoms with Crippen molar-refractivity contribution in [1.29, 1.82) is 5.26 Å². The monoisotopic (exact) mass is 369 g/mol. The normalized spacial score (nSPS) is 11.2. The van der Waals surface area contributed by atoms with Crippen molar-refractivity contribution < 1.29 is 0 Å². The topological polar surface area (TPSA) is 83.1 Å². The Kier molecular flexibility index (Phi) is 8.43. The molecule has 0 aliphatic carbocycles. The summed E-state index contributed by atoms with van der Waals surface area (Å²) < 4.78 is 1.54. The van der Waals surface area contributed by atoms with E-state index in [1.165, 1.54) is 11.8 Å². The molecule has 1 aromatic carbocycles. The Hall–Kier alpha value is -2.59.